The van der Waals surface area contributed by atoms with Crippen molar-refractivity contribution >= 4 is 17.5 Å². The van der Waals surface area contributed by atoms with Crippen molar-refractivity contribution in [1.82, 2.24) is 10.6 Å². The van der Waals surface area contributed by atoms with Gasteiger partial charge in [-0.25, -0.2) is 0 Å². The molecule has 2 aliphatic heterocycles. The van der Waals surface area contributed by atoms with E-state index in [1.807, 2.05) is 12.1 Å². The van der Waals surface area contributed by atoms with Gasteiger partial charge in [0.2, 0.25) is 5.91 Å². The van der Waals surface area contributed by atoms with E-state index in [0.717, 1.165) is 37.2 Å². The number of hydrogen-bond acceptors (Lipinski definition) is 3. The molecule has 0 aromatic heterocycles. The molecule has 3 rings (SSSR count). The lowest BCUT2D eigenvalue weighted by molar-refractivity contribution is -0.116. The first-order valence-electron chi connectivity index (χ1n) is 7.08. The quantitative estimate of drug-likeness (QED) is 0.833. The van der Waals surface area contributed by atoms with Crippen LogP contribution in [0.25, 0.3) is 0 Å². The van der Waals surface area contributed by atoms with Crippen molar-refractivity contribution in [2.45, 2.75) is 25.8 Å². The van der Waals surface area contributed by atoms with Gasteiger partial charge in [0.1, 0.15) is 0 Å². The van der Waals surface area contributed by atoms with Crippen LogP contribution in [0.15, 0.2) is 18.2 Å². The Kier molecular flexibility index (Phi) is 3.44. The van der Waals surface area contributed by atoms with Crippen LogP contribution in [-0.4, -0.2) is 37.5 Å². The zero-order valence-electron chi connectivity index (χ0n) is 11.6. The molecule has 0 bridgehead atoms. The normalized spacial score (nSPS) is 20.9. The Morgan fingerprint density at radius 3 is 2.95 bits per heavy atom. The number of amides is 2. The van der Waals surface area contributed by atoms with Crippen molar-refractivity contribution in [2.24, 2.45) is 0 Å². The minimum atomic E-state index is -0.0252. The highest BCUT2D eigenvalue weighted by atomic mass is 16.2. The molecular weight excluding hydrogens is 254 g/mol. The largest absolute Gasteiger partial charge is 0.348 e. The van der Waals surface area contributed by atoms with Crippen molar-refractivity contribution in [2.75, 3.05) is 24.5 Å². The summed E-state index contributed by atoms with van der Waals surface area (Å²) in [5.41, 5.74) is 2.70. The van der Waals surface area contributed by atoms with E-state index in [0.29, 0.717) is 12.1 Å². The second-order valence-electron chi connectivity index (χ2n) is 5.43. The lowest BCUT2D eigenvalue weighted by atomic mass is 10.1. The maximum Gasteiger partial charge on any atom is 0.251 e. The number of benzene rings is 1. The molecule has 5 nitrogen and oxygen atoms in total. The van der Waals surface area contributed by atoms with Crippen molar-refractivity contribution in [3.05, 3.63) is 29.3 Å². The Morgan fingerprint density at radius 2 is 2.25 bits per heavy atom. The van der Waals surface area contributed by atoms with Crippen molar-refractivity contribution in [1.29, 1.82) is 0 Å². The first kappa shape index (κ1) is 13.1. The van der Waals surface area contributed by atoms with Gasteiger partial charge in [0.15, 0.2) is 0 Å². The van der Waals surface area contributed by atoms with Gasteiger partial charge in [0.05, 0.1) is 0 Å². The smallest absolute Gasteiger partial charge is 0.251 e. The summed E-state index contributed by atoms with van der Waals surface area (Å²) in [4.78, 5) is 25.5. The Morgan fingerprint density at radius 1 is 1.40 bits per heavy atom. The Labute approximate surface area is 118 Å². The molecule has 1 fully saturated rings. The minimum absolute atomic E-state index is 0.0252. The van der Waals surface area contributed by atoms with E-state index in [9.17, 15) is 9.59 Å². The van der Waals surface area contributed by atoms with Crippen LogP contribution in [0.5, 0.6) is 0 Å². The highest BCUT2D eigenvalue weighted by Gasteiger charge is 2.24. The average molecular weight is 273 g/mol. The van der Waals surface area contributed by atoms with Crippen LogP contribution in [0, 0.1) is 0 Å². The van der Waals surface area contributed by atoms with E-state index in [-0.39, 0.29) is 17.9 Å². The standard InChI is InChI=1S/C15H19N3O2/c1-10(19)18-7-5-11-8-12(2-3-14(11)18)15(20)17-13-4-6-16-9-13/h2-3,8,13,16H,4-7,9H2,1H3,(H,17,20). The number of fused-ring (bicyclic) bond motifs is 1. The zero-order chi connectivity index (χ0) is 14.1. The number of carbonyl (C=O) groups excluding carboxylic acids is 2. The summed E-state index contributed by atoms with van der Waals surface area (Å²) in [6, 6.07) is 5.82. The number of anilines is 1. The lowest BCUT2D eigenvalue weighted by Gasteiger charge is -2.15. The third kappa shape index (κ3) is 2.41. The third-order valence-corrected chi connectivity index (χ3v) is 4.01. The van der Waals surface area contributed by atoms with Gasteiger partial charge in [-0.1, -0.05) is 0 Å². The molecule has 106 valence electrons. The Hall–Kier alpha value is -1.88. The van der Waals surface area contributed by atoms with E-state index in [2.05, 4.69) is 10.6 Å². The molecule has 20 heavy (non-hydrogen) atoms. The number of nitrogens with one attached hydrogen (secondary N) is 2. The number of hydrogen-bond donors (Lipinski definition) is 2. The van der Waals surface area contributed by atoms with Crippen LogP contribution in [0.2, 0.25) is 0 Å². The molecule has 1 unspecified atom stereocenters. The predicted molar refractivity (Wildman–Crippen MR) is 76.9 cm³/mol. The summed E-state index contributed by atoms with van der Waals surface area (Å²) in [6.07, 6.45) is 1.80. The molecule has 5 heteroatoms. The van der Waals surface area contributed by atoms with Gasteiger partial charge in [-0.15, -0.1) is 0 Å². The highest BCUT2D eigenvalue weighted by molar-refractivity contribution is 5.98. The molecule has 1 aromatic rings. The molecule has 0 spiro atoms. The van der Waals surface area contributed by atoms with Crippen LogP contribution in [0.4, 0.5) is 5.69 Å². The topological polar surface area (TPSA) is 61.4 Å². The van der Waals surface area contributed by atoms with E-state index in [1.165, 1.54) is 0 Å². The zero-order valence-corrected chi connectivity index (χ0v) is 11.6. The fourth-order valence-electron chi connectivity index (χ4n) is 2.92. The molecule has 2 heterocycles. The van der Waals surface area contributed by atoms with Crippen LogP contribution >= 0.6 is 0 Å². The monoisotopic (exact) mass is 273 g/mol. The van der Waals surface area contributed by atoms with Gasteiger partial charge >= 0.3 is 0 Å². The van der Waals surface area contributed by atoms with Gasteiger partial charge in [-0.3, -0.25) is 9.59 Å². The van der Waals surface area contributed by atoms with Crippen molar-refractivity contribution in [3.63, 3.8) is 0 Å². The molecular formula is C15H19N3O2. The van der Waals surface area contributed by atoms with Crippen LogP contribution < -0.4 is 15.5 Å². The van der Waals surface area contributed by atoms with Gasteiger partial charge < -0.3 is 15.5 Å². The maximum atomic E-state index is 12.2. The minimum Gasteiger partial charge on any atom is -0.348 e. The van der Waals surface area contributed by atoms with Gasteiger partial charge in [-0.05, 0) is 43.1 Å². The first-order chi connectivity index (χ1) is 9.65. The van der Waals surface area contributed by atoms with Gasteiger partial charge in [-0.2, -0.15) is 0 Å². The summed E-state index contributed by atoms with van der Waals surface area (Å²) in [5.74, 6) is 0.0285. The lowest BCUT2D eigenvalue weighted by Crippen LogP contribution is -2.36. The van der Waals surface area contributed by atoms with Gasteiger partial charge in [0, 0.05) is 37.3 Å². The second-order valence-corrected chi connectivity index (χ2v) is 5.43. The second kappa shape index (κ2) is 5.25. The van der Waals surface area contributed by atoms with Crippen LogP contribution in [0.1, 0.15) is 29.3 Å². The Balaban J connectivity index is 1.75. The molecule has 2 amide bonds. The number of carbonyl (C=O) groups is 2. The summed E-state index contributed by atoms with van der Waals surface area (Å²) in [5, 5.41) is 6.27. The molecule has 2 aliphatic rings. The summed E-state index contributed by atoms with van der Waals surface area (Å²) < 4.78 is 0. The Bertz CT molecular complexity index is 550. The average Bonchev–Trinajstić information content (AvgIpc) is 3.06. The maximum absolute atomic E-state index is 12.2. The van der Waals surface area contributed by atoms with E-state index in [4.69, 9.17) is 0 Å². The number of rotatable bonds is 2. The highest BCUT2D eigenvalue weighted by Crippen LogP contribution is 2.28. The van der Waals surface area contributed by atoms with Gasteiger partial charge in [0.25, 0.3) is 5.91 Å². The van der Waals surface area contributed by atoms with E-state index < -0.39 is 0 Å². The molecule has 2 N–H and O–H groups in total. The molecule has 0 saturated carbocycles. The summed E-state index contributed by atoms with van der Waals surface area (Å²) in [6.45, 7) is 4.09. The third-order valence-electron chi connectivity index (χ3n) is 4.01. The van der Waals surface area contributed by atoms with Crippen molar-refractivity contribution < 1.29 is 9.59 Å². The SMILES string of the molecule is CC(=O)N1CCc2cc(C(=O)NC3CCNC3)ccc21. The fraction of sp³-hybridized carbons (Fsp3) is 0.467. The summed E-state index contributed by atoms with van der Waals surface area (Å²) >= 11 is 0. The molecule has 0 aliphatic carbocycles. The molecule has 1 saturated heterocycles. The first-order valence-corrected chi connectivity index (χ1v) is 7.08. The fourth-order valence-corrected chi connectivity index (χ4v) is 2.92. The number of nitrogens with zero attached hydrogens (tertiary/aromatic N) is 1. The molecule has 0 radical (unpaired) electrons. The summed E-state index contributed by atoms with van der Waals surface area (Å²) in [7, 11) is 0. The predicted octanol–water partition coefficient (Wildman–Crippen LogP) is 0.687. The van der Waals surface area contributed by atoms with Crippen LogP contribution in [-0.2, 0) is 11.2 Å². The van der Waals surface area contributed by atoms with Crippen molar-refractivity contribution in [3.8, 4) is 0 Å². The van der Waals surface area contributed by atoms with Crippen LogP contribution in [0.3, 0.4) is 0 Å². The van der Waals surface area contributed by atoms with E-state index >= 15 is 0 Å². The molecule has 1 atom stereocenters. The van der Waals surface area contributed by atoms with E-state index in [1.54, 1.807) is 17.9 Å². The molecule has 1 aromatic carbocycles.